The Morgan fingerprint density at radius 2 is 1.64 bits per heavy atom. The Balaban J connectivity index is 1.80. The molecule has 0 saturated heterocycles. The molecule has 0 aliphatic rings. The highest BCUT2D eigenvalue weighted by atomic mass is 16.6. The van der Waals surface area contributed by atoms with Gasteiger partial charge >= 0.3 is 0 Å². The summed E-state index contributed by atoms with van der Waals surface area (Å²) in [5.74, 6) is -0.668. The number of aromatic nitrogens is 3. The number of nitro groups is 2. The highest BCUT2D eigenvalue weighted by Crippen LogP contribution is 2.22. The minimum atomic E-state index is -1.63. The molecule has 2 aromatic carbocycles. The minimum absolute atomic E-state index is 0.0722. The van der Waals surface area contributed by atoms with Crippen LogP contribution in [0.15, 0.2) is 76.9 Å². The van der Waals surface area contributed by atoms with E-state index >= 15 is 0 Å². The maximum Gasteiger partial charge on any atom is 0.276 e. The lowest BCUT2D eigenvalue weighted by molar-refractivity contribution is -0.385. The molecule has 0 bridgehead atoms. The molecule has 2 aromatic heterocycles. The maximum absolute atomic E-state index is 12.9. The van der Waals surface area contributed by atoms with Crippen LogP contribution in [0.25, 0.3) is 11.0 Å². The normalized spacial score (nSPS) is 12.2. The molecule has 180 valence electrons. The molecule has 0 aliphatic heterocycles. The number of nitrogens with zero attached hydrogens (tertiary/aromatic N) is 5. The Morgan fingerprint density at radius 3 is 2.28 bits per heavy atom. The summed E-state index contributed by atoms with van der Waals surface area (Å²) in [6.45, 7) is 0. The first-order chi connectivity index (χ1) is 17.2. The van der Waals surface area contributed by atoms with E-state index in [1.165, 1.54) is 48.8 Å². The van der Waals surface area contributed by atoms with E-state index in [0.29, 0.717) is 0 Å². The van der Waals surface area contributed by atoms with Crippen LogP contribution in [-0.4, -0.2) is 41.5 Å². The molecule has 0 radical (unpaired) electrons. The van der Waals surface area contributed by atoms with Crippen molar-refractivity contribution in [2.45, 2.75) is 6.10 Å². The second-order valence-corrected chi connectivity index (χ2v) is 7.30. The molecule has 0 unspecified atom stereocenters. The summed E-state index contributed by atoms with van der Waals surface area (Å²) in [5.41, 5.74) is 0.718. The van der Waals surface area contributed by atoms with E-state index in [4.69, 9.17) is 0 Å². The fraction of sp³-hybridized carbons (Fsp3) is 0.0455. The highest BCUT2D eigenvalue weighted by molar-refractivity contribution is 6.04. The number of non-ortho nitro benzene ring substituents is 2. The summed E-state index contributed by atoms with van der Waals surface area (Å²) >= 11 is 0. The quantitative estimate of drug-likeness (QED) is 0.197. The first-order valence-electron chi connectivity index (χ1n) is 10.1. The molecule has 36 heavy (non-hydrogen) atoms. The van der Waals surface area contributed by atoms with E-state index < -0.39 is 27.4 Å². The maximum atomic E-state index is 12.9. The number of hydrazone groups is 1. The molecular weight excluding hydrogens is 474 g/mol. The van der Waals surface area contributed by atoms with Gasteiger partial charge in [0.05, 0.1) is 20.9 Å². The second kappa shape index (κ2) is 9.86. The minimum Gasteiger partial charge on any atom is -0.382 e. The Labute approximate surface area is 200 Å². The van der Waals surface area contributed by atoms with Crippen molar-refractivity contribution in [3.63, 3.8) is 0 Å². The number of amides is 1. The standard InChI is InChI=1S/C22H15N7O7/c30-20(12-1-3-14(4-2-12)28(33)34)18(26-27-21(31)13-7-9-23-10-8-13)19-22(32)25-17-11-15(29(35)36)5-6-16(17)24-19/h1-11,20,30H,(H,25,32)(H,27,31)/b26-18+/t20-/m1/s1. The van der Waals surface area contributed by atoms with Gasteiger partial charge < -0.3 is 10.1 Å². The fourth-order valence-electron chi connectivity index (χ4n) is 3.22. The van der Waals surface area contributed by atoms with Gasteiger partial charge in [0.15, 0.2) is 5.69 Å². The van der Waals surface area contributed by atoms with E-state index in [2.05, 4.69) is 25.5 Å². The number of pyridine rings is 1. The molecule has 4 rings (SSSR count). The van der Waals surface area contributed by atoms with Gasteiger partial charge in [0.1, 0.15) is 11.8 Å². The summed E-state index contributed by atoms with van der Waals surface area (Å²) in [7, 11) is 0. The number of hydrogen-bond donors (Lipinski definition) is 3. The Bertz CT molecular complexity index is 1570. The zero-order valence-electron chi connectivity index (χ0n) is 18.1. The van der Waals surface area contributed by atoms with Crippen LogP contribution in [-0.2, 0) is 0 Å². The van der Waals surface area contributed by atoms with Crippen LogP contribution in [0.3, 0.4) is 0 Å². The molecule has 0 fully saturated rings. The fourth-order valence-corrected chi connectivity index (χ4v) is 3.22. The smallest absolute Gasteiger partial charge is 0.276 e. The van der Waals surface area contributed by atoms with Crippen LogP contribution < -0.4 is 11.0 Å². The van der Waals surface area contributed by atoms with Crippen molar-refractivity contribution in [3.05, 3.63) is 114 Å². The number of aliphatic hydroxyl groups is 1. The number of nitrogens with one attached hydrogen (secondary N) is 2. The zero-order valence-corrected chi connectivity index (χ0v) is 18.1. The van der Waals surface area contributed by atoms with Gasteiger partial charge in [-0.1, -0.05) is 0 Å². The third-order valence-corrected chi connectivity index (χ3v) is 5.03. The van der Waals surface area contributed by atoms with Crippen molar-refractivity contribution < 1.29 is 19.7 Å². The van der Waals surface area contributed by atoms with E-state index in [0.717, 1.165) is 18.2 Å². The van der Waals surface area contributed by atoms with Gasteiger partial charge in [-0.05, 0) is 35.9 Å². The highest BCUT2D eigenvalue weighted by Gasteiger charge is 2.24. The number of aromatic amines is 1. The largest absolute Gasteiger partial charge is 0.382 e. The number of hydrogen-bond acceptors (Lipinski definition) is 10. The van der Waals surface area contributed by atoms with E-state index in [9.17, 15) is 34.9 Å². The van der Waals surface area contributed by atoms with E-state index in [1.807, 2.05) is 0 Å². The SMILES string of the molecule is O=C(N/N=C(\c1nc2ccc([N+](=O)[O-])cc2[nH]c1=O)[C@H](O)c1ccc([N+](=O)[O-])cc1)c1ccncc1. The van der Waals surface area contributed by atoms with Gasteiger partial charge in [-0.15, -0.1) is 0 Å². The van der Waals surface area contributed by atoms with Gasteiger partial charge in [0, 0.05) is 42.2 Å². The van der Waals surface area contributed by atoms with E-state index in [-0.39, 0.29) is 44.9 Å². The lowest BCUT2D eigenvalue weighted by atomic mass is 10.0. The lowest BCUT2D eigenvalue weighted by Crippen LogP contribution is -2.29. The molecule has 1 amide bonds. The molecule has 14 nitrogen and oxygen atoms in total. The van der Waals surface area contributed by atoms with Gasteiger partial charge in [-0.2, -0.15) is 5.10 Å². The molecule has 3 N–H and O–H groups in total. The lowest BCUT2D eigenvalue weighted by Gasteiger charge is -2.14. The molecule has 0 saturated carbocycles. The number of rotatable bonds is 7. The van der Waals surface area contributed by atoms with Crippen molar-refractivity contribution in [2.24, 2.45) is 5.10 Å². The van der Waals surface area contributed by atoms with Crippen LogP contribution in [0.5, 0.6) is 0 Å². The number of nitro benzene ring substituents is 2. The monoisotopic (exact) mass is 489 g/mol. The molecule has 2 heterocycles. The third kappa shape index (κ3) is 4.92. The molecular formula is C22H15N7O7. The van der Waals surface area contributed by atoms with Crippen LogP contribution in [0.1, 0.15) is 27.7 Å². The van der Waals surface area contributed by atoms with Gasteiger partial charge in [0.2, 0.25) is 0 Å². The Morgan fingerprint density at radius 1 is 1.00 bits per heavy atom. The number of aliphatic hydroxyl groups excluding tert-OH is 1. The topological polar surface area (TPSA) is 207 Å². The zero-order chi connectivity index (χ0) is 25.8. The van der Waals surface area contributed by atoms with Crippen molar-refractivity contribution in [3.8, 4) is 0 Å². The number of carbonyl (C=O) groups is 1. The van der Waals surface area contributed by atoms with Crippen molar-refractivity contribution in [1.82, 2.24) is 20.4 Å². The number of H-pyrrole nitrogens is 1. The predicted octanol–water partition coefficient (Wildman–Crippen LogP) is 2.00. The van der Waals surface area contributed by atoms with Crippen LogP contribution >= 0.6 is 0 Å². The number of carbonyl (C=O) groups excluding carboxylic acids is 1. The first kappa shape index (κ1) is 23.8. The Kier molecular flexibility index (Phi) is 6.51. The predicted molar refractivity (Wildman–Crippen MR) is 125 cm³/mol. The average molecular weight is 489 g/mol. The number of fused-ring (bicyclic) bond motifs is 1. The molecule has 0 aliphatic carbocycles. The Hall–Kier alpha value is -5.37. The van der Waals surface area contributed by atoms with Crippen LogP contribution in [0, 0.1) is 20.2 Å². The van der Waals surface area contributed by atoms with E-state index in [1.54, 1.807) is 0 Å². The summed E-state index contributed by atoms with van der Waals surface area (Å²) in [5, 5.41) is 36.9. The van der Waals surface area contributed by atoms with Crippen molar-refractivity contribution in [1.29, 1.82) is 0 Å². The van der Waals surface area contributed by atoms with Crippen molar-refractivity contribution >= 4 is 34.0 Å². The molecule has 1 atom stereocenters. The average Bonchev–Trinajstić information content (AvgIpc) is 2.88. The van der Waals surface area contributed by atoms with Crippen LogP contribution in [0.4, 0.5) is 11.4 Å². The van der Waals surface area contributed by atoms with Crippen molar-refractivity contribution in [2.75, 3.05) is 0 Å². The molecule has 14 heteroatoms. The summed E-state index contributed by atoms with van der Waals surface area (Å²) in [6.07, 6.45) is 1.15. The summed E-state index contributed by atoms with van der Waals surface area (Å²) < 4.78 is 0. The summed E-state index contributed by atoms with van der Waals surface area (Å²) in [4.78, 5) is 56.6. The second-order valence-electron chi connectivity index (χ2n) is 7.30. The van der Waals surface area contributed by atoms with Gasteiger partial charge in [-0.3, -0.25) is 34.8 Å². The summed E-state index contributed by atoms with van der Waals surface area (Å²) in [6, 6.07) is 11.3. The van der Waals surface area contributed by atoms with Gasteiger partial charge in [-0.25, -0.2) is 10.4 Å². The molecule has 0 spiro atoms. The van der Waals surface area contributed by atoms with Crippen LogP contribution in [0.2, 0.25) is 0 Å². The molecule has 4 aromatic rings. The number of benzene rings is 2. The first-order valence-corrected chi connectivity index (χ1v) is 10.1. The van der Waals surface area contributed by atoms with Gasteiger partial charge in [0.25, 0.3) is 22.8 Å². The third-order valence-electron chi connectivity index (χ3n) is 5.03.